The van der Waals surface area contributed by atoms with Crippen molar-refractivity contribution in [3.05, 3.63) is 35.9 Å². The fourth-order valence-corrected chi connectivity index (χ4v) is 2.83. The van der Waals surface area contributed by atoms with Crippen molar-refractivity contribution in [3.8, 4) is 0 Å². The zero-order valence-corrected chi connectivity index (χ0v) is 10.1. The van der Waals surface area contributed by atoms with Crippen molar-refractivity contribution in [3.63, 3.8) is 0 Å². The van der Waals surface area contributed by atoms with Gasteiger partial charge in [0.15, 0.2) is 0 Å². The monoisotopic (exact) mass is 261 g/mol. The molecule has 2 rings (SSSR count). The quantitative estimate of drug-likeness (QED) is 0.893. The predicted octanol–water partition coefficient (Wildman–Crippen LogP) is 3.17. The number of hydrogen-bond donors (Lipinski definition) is 1. The molecule has 1 fully saturated rings. The van der Waals surface area contributed by atoms with Crippen LogP contribution in [0.4, 0.5) is 13.2 Å². The van der Waals surface area contributed by atoms with Gasteiger partial charge in [0.1, 0.15) is 0 Å². The van der Waals surface area contributed by atoms with Crippen LogP contribution >= 0.6 is 11.8 Å². The van der Waals surface area contributed by atoms with Gasteiger partial charge in [-0.05, 0) is 12.0 Å². The summed E-state index contributed by atoms with van der Waals surface area (Å²) in [5.41, 5.74) is -3.07. The fraction of sp³-hybridized carbons (Fsp3) is 0.500. The Morgan fingerprint density at radius 2 is 1.82 bits per heavy atom. The van der Waals surface area contributed by atoms with E-state index in [-0.39, 0.29) is 22.9 Å². The molecular weight excluding hydrogens is 247 g/mol. The van der Waals surface area contributed by atoms with Gasteiger partial charge in [-0.1, -0.05) is 42.1 Å². The lowest BCUT2D eigenvalue weighted by atomic mass is 9.73. The number of rotatable bonds is 4. The summed E-state index contributed by atoms with van der Waals surface area (Å²) < 4.78 is 36.3. The molecule has 94 valence electrons. The van der Waals surface area contributed by atoms with E-state index >= 15 is 0 Å². The van der Waals surface area contributed by atoms with E-state index in [0.29, 0.717) is 6.42 Å². The van der Waals surface area contributed by atoms with Gasteiger partial charge in [0.2, 0.25) is 0 Å². The topological polar surface area (TPSA) is 12.0 Å². The Hall–Kier alpha value is -0.680. The smallest absolute Gasteiger partial charge is 0.315 e. The van der Waals surface area contributed by atoms with Gasteiger partial charge in [-0.25, -0.2) is 0 Å². The maximum atomic E-state index is 12.1. The molecule has 0 aliphatic carbocycles. The molecule has 1 aliphatic heterocycles. The second-order valence-corrected chi connectivity index (χ2v) is 5.45. The van der Waals surface area contributed by atoms with E-state index in [4.69, 9.17) is 0 Å². The van der Waals surface area contributed by atoms with Crippen molar-refractivity contribution in [1.29, 1.82) is 0 Å². The first-order valence-electron chi connectivity index (χ1n) is 5.49. The Morgan fingerprint density at radius 3 is 2.29 bits per heavy atom. The van der Waals surface area contributed by atoms with Crippen LogP contribution in [0.15, 0.2) is 30.3 Å². The molecular formula is C12H14F3NS. The van der Waals surface area contributed by atoms with Gasteiger partial charge in [-0.3, -0.25) is 0 Å². The van der Waals surface area contributed by atoms with Gasteiger partial charge in [0.05, 0.1) is 0 Å². The van der Waals surface area contributed by atoms with Crippen LogP contribution in [0.2, 0.25) is 0 Å². The molecule has 5 heteroatoms. The van der Waals surface area contributed by atoms with Crippen LogP contribution in [0.25, 0.3) is 0 Å². The van der Waals surface area contributed by atoms with Crippen LogP contribution in [0, 0.1) is 0 Å². The van der Waals surface area contributed by atoms with Gasteiger partial charge in [-0.15, -0.1) is 0 Å². The molecule has 0 atom stereocenters. The molecule has 0 amide bonds. The highest BCUT2D eigenvalue weighted by Crippen LogP contribution is 2.37. The molecule has 1 saturated heterocycles. The summed E-state index contributed by atoms with van der Waals surface area (Å²) >= 11 is 0.0766. The van der Waals surface area contributed by atoms with E-state index < -0.39 is 5.51 Å². The molecule has 0 saturated carbocycles. The third kappa shape index (κ3) is 3.16. The van der Waals surface area contributed by atoms with Crippen molar-refractivity contribution >= 4 is 11.8 Å². The van der Waals surface area contributed by atoms with Crippen LogP contribution < -0.4 is 5.32 Å². The molecule has 1 N–H and O–H groups in total. The summed E-state index contributed by atoms with van der Waals surface area (Å²) in [6.07, 6.45) is 0.564. The predicted molar refractivity (Wildman–Crippen MR) is 64.1 cm³/mol. The largest absolute Gasteiger partial charge is 0.441 e. The second kappa shape index (κ2) is 4.90. The highest BCUT2D eigenvalue weighted by atomic mass is 32.2. The fourth-order valence-electron chi connectivity index (χ4n) is 2.11. The average molecular weight is 261 g/mol. The van der Waals surface area contributed by atoms with E-state index in [0.717, 1.165) is 18.7 Å². The van der Waals surface area contributed by atoms with Gasteiger partial charge >= 0.3 is 5.51 Å². The van der Waals surface area contributed by atoms with E-state index in [1.807, 2.05) is 30.3 Å². The number of thioether (sulfide) groups is 1. The van der Waals surface area contributed by atoms with Gasteiger partial charge in [0.25, 0.3) is 0 Å². The molecule has 0 unspecified atom stereocenters. The first-order valence-corrected chi connectivity index (χ1v) is 6.47. The number of halogens is 3. The highest BCUT2D eigenvalue weighted by molar-refractivity contribution is 8.00. The maximum absolute atomic E-state index is 12.1. The Labute approximate surface area is 103 Å². The number of nitrogens with one attached hydrogen (secondary N) is 1. The van der Waals surface area contributed by atoms with Crippen LogP contribution in [0.5, 0.6) is 0 Å². The molecule has 0 spiro atoms. The lowest BCUT2D eigenvalue weighted by Gasteiger charge is -2.43. The molecule has 1 heterocycles. The minimum absolute atomic E-state index is 0.0766. The summed E-state index contributed by atoms with van der Waals surface area (Å²) in [6.45, 7) is 1.55. The number of hydrogen-bond acceptors (Lipinski definition) is 2. The lowest BCUT2D eigenvalue weighted by Crippen LogP contribution is -2.57. The van der Waals surface area contributed by atoms with Crippen molar-refractivity contribution in [2.24, 2.45) is 0 Å². The van der Waals surface area contributed by atoms with Crippen LogP contribution in [-0.2, 0) is 5.41 Å². The van der Waals surface area contributed by atoms with Crippen molar-refractivity contribution < 1.29 is 13.2 Å². The maximum Gasteiger partial charge on any atom is 0.441 e. The highest BCUT2D eigenvalue weighted by Gasteiger charge is 2.39. The summed E-state index contributed by atoms with van der Waals surface area (Å²) in [4.78, 5) is 0. The SMILES string of the molecule is FC(F)(F)SCCC1(c2ccccc2)CNC1. The van der Waals surface area contributed by atoms with Crippen molar-refractivity contribution in [2.45, 2.75) is 17.3 Å². The first-order chi connectivity index (χ1) is 8.02. The van der Waals surface area contributed by atoms with E-state index in [1.54, 1.807) is 0 Å². The normalized spacial score (nSPS) is 18.8. The van der Waals surface area contributed by atoms with Crippen molar-refractivity contribution in [1.82, 2.24) is 5.32 Å². The zero-order valence-electron chi connectivity index (χ0n) is 9.26. The third-order valence-electron chi connectivity index (χ3n) is 3.16. The Morgan fingerprint density at radius 1 is 1.18 bits per heavy atom. The van der Waals surface area contributed by atoms with E-state index in [9.17, 15) is 13.2 Å². The molecule has 0 radical (unpaired) electrons. The second-order valence-electron chi connectivity index (χ2n) is 4.29. The van der Waals surface area contributed by atoms with E-state index in [2.05, 4.69) is 5.32 Å². The van der Waals surface area contributed by atoms with Crippen molar-refractivity contribution in [2.75, 3.05) is 18.8 Å². The standard InChI is InChI=1S/C12H14F3NS/c13-12(14,15)17-7-6-11(8-16-9-11)10-4-2-1-3-5-10/h1-5,16H,6-9H2. The van der Waals surface area contributed by atoms with Gasteiger partial charge in [0, 0.05) is 24.3 Å². The Kier molecular flexibility index (Phi) is 3.68. The minimum atomic E-state index is -4.12. The molecule has 1 nitrogen and oxygen atoms in total. The Balaban J connectivity index is 1.97. The molecule has 0 aromatic heterocycles. The van der Waals surface area contributed by atoms with Gasteiger partial charge < -0.3 is 5.32 Å². The van der Waals surface area contributed by atoms with Gasteiger partial charge in [-0.2, -0.15) is 13.2 Å². The third-order valence-corrected chi connectivity index (χ3v) is 3.89. The average Bonchev–Trinajstić information content (AvgIpc) is 2.22. The number of benzene rings is 1. The van der Waals surface area contributed by atoms with Crippen LogP contribution in [0.3, 0.4) is 0 Å². The summed E-state index contributed by atoms with van der Waals surface area (Å²) in [5.74, 6) is 0.125. The van der Waals surface area contributed by atoms with E-state index in [1.165, 1.54) is 0 Å². The van der Waals surface area contributed by atoms with Crippen LogP contribution in [0.1, 0.15) is 12.0 Å². The van der Waals surface area contributed by atoms with Crippen LogP contribution in [-0.4, -0.2) is 24.4 Å². The molecule has 1 aromatic carbocycles. The Bertz CT molecular complexity index is 360. The molecule has 0 bridgehead atoms. The number of alkyl halides is 3. The first kappa shape index (κ1) is 12.8. The molecule has 17 heavy (non-hydrogen) atoms. The summed E-state index contributed by atoms with van der Waals surface area (Å²) in [6, 6.07) is 9.80. The minimum Gasteiger partial charge on any atom is -0.315 e. The summed E-state index contributed by atoms with van der Waals surface area (Å²) in [5, 5.41) is 3.16. The lowest BCUT2D eigenvalue weighted by molar-refractivity contribution is -0.0329. The molecule has 1 aromatic rings. The molecule has 1 aliphatic rings. The zero-order chi connectivity index (χ0) is 12.4. The summed E-state index contributed by atoms with van der Waals surface area (Å²) in [7, 11) is 0.